The average molecular weight is 197 g/mol. The molecule has 1 N–H and O–H groups in total. The Hall–Kier alpha value is -0.0800. The summed E-state index contributed by atoms with van der Waals surface area (Å²) in [5.41, 5.74) is 0. The number of methoxy groups -OCH3 is 1. The van der Waals surface area contributed by atoms with Crippen LogP contribution in [-0.2, 0) is 4.74 Å². The van der Waals surface area contributed by atoms with E-state index in [9.17, 15) is 0 Å². The average Bonchev–Trinajstić information content (AvgIpc) is 2.30. The Balaban J connectivity index is 1.76. The van der Waals surface area contributed by atoms with Gasteiger partial charge in [0.2, 0.25) is 0 Å². The molecule has 0 spiro atoms. The first-order chi connectivity index (χ1) is 6.90. The van der Waals surface area contributed by atoms with Gasteiger partial charge < -0.3 is 10.1 Å². The molecule has 2 heteroatoms. The second-order valence-corrected chi connectivity index (χ2v) is 4.83. The first-order valence-electron chi connectivity index (χ1n) is 6.16. The van der Waals surface area contributed by atoms with E-state index in [1.807, 2.05) is 7.11 Å². The minimum absolute atomic E-state index is 0.551. The van der Waals surface area contributed by atoms with Gasteiger partial charge in [-0.3, -0.25) is 0 Å². The Kier molecular flexibility index (Phi) is 3.82. The maximum atomic E-state index is 5.41. The van der Waals surface area contributed by atoms with Crippen molar-refractivity contribution in [1.29, 1.82) is 0 Å². The van der Waals surface area contributed by atoms with Crippen LogP contribution < -0.4 is 5.32 Å². The summed E-state index contributed by atoms with van der Waals surface area (Å²) < 4.78 is 5.41. The lowest BCUT2D eigenvalue weighted by Gasteiger charge is -2.36. The zero-order valence-electron chi connectivity index (χ0n) is 9.30. The quantitative estimate of drug-likeness (QED) is 0.733. The minimum Gasteiger partial charge on any atom is -0.381 e. The van der Waals surface area contributed by atoms with Crippen LogP contribution in [0.25, 0.3) is 0 Å². The fraction of sp³-hybridized carbons (Fsp3) is 1.00. The van der Waals surface area contributed by atoms with Crippen LogP contribution in [0, 0.1) is 5.92 Å². The SMILES string of the molecule is COC1CCC(C2CCCCN2)CC1. The number of hydrogen-bond acceptors (Lipinski definition) is 2. The Labute approximate surface area is 87.4 Å². The van der Waals surface area contributed by atoms with Gasteiger partial charge in [-0.2, -0.15) is 0 Å². The van der Waals surface area contributed by atoms with E-state index >= 15 is 0 Å². The van der Waals surface area contributed by atoms with Crippen molar-refractivity contribution in [2.45, 2.75) is 57.1 Å². The molecule has 1 saturated carbocycles. The summed E-state index contributed by atoms with van der Waals surface area (Å²) in [5, 5.41) is 3.68. The van der Waals surface area contributed by atoms with Gasteiger partial charge in [0.05, 0.1) is 6.10 Å². The third-order valence-corrected chi connectivity index (χ3v) is 3.97. The van der Waals surface area contributed by atoms with Crippen LogP contribution >= 0.6 is 0 Å². The summed E-state index contributed by atoms with van der Waals surface area (Å²) in [6.45, 7) is 1.24. The van der Waals surface area contributed by atoms with Gasteiger partial charge in [0.1, 0.15) is 0 Å². The molecule has 0 radical (unpaired) electrons. The summed E-state index contributed by atoms with van der Waals surface area (Å²) in [6, 6.07) is 0.821. The first kappa shape index (κ1) is 10.4. The molecule has 0 aromatic carbocycles. The lowest BCUT2D eigenvalue weighted by atomic mass is 9.80. The lowest BCUT2D eigenvalue weighted by Crippen LogP contribution is -2.41. The molecule has 1 heterocycles. The van der Waals surface area contributed by atoms with Crippen molar-refractivity contribution in [3.63, 3.8) is 0 Å². The molecule has 2 aliphatic rings. The van der Waals surface area contributed by atoms with E-state index in [2.05, 4.69) is 5.32 Å². The Morgan fingerprint density at radius 3 is 2.36 bits per heavy atom. The topological polar surface area (TPSA) is 21.3 Å². The van der Waals surface area contributed by atoms with Crippen LogP contribution in [0.1, 0.15) is 44.9 Å². The van der Waals surface area contributed by atoms with E-state index in [0.29, 0.717) is 6.10 Å². The van der Waals surface area contributed by atoms with E-state index in [1.165, 1.54) is 51.5 Å². The largest absolute Gasteiger partial charge is 0.381 e. The van der Waals surface area contributed by atoms with E-state index in [4.69, 9.17) is 4.74 Å². The van der Waals surface area contributed by atoms with Crippen molar-refractivity contribution >= 4 is 0 Å². The molecule has 1 atom stereocenters. The highest BCUT2D eigenvalue weighted by Crippen LogP contribution is 2.30. The monoisotopic (exact) mass is 197 g/mol. The molecule has 82 valence electrons. The van der Waals surface area contributed by atoms with Crippen molar-refractivity contribution in [3.05, 3.63) is 0 Å². The highest BCUT2D eigenvalue weighted by Gasteiger charge is 2.27. The normalized spacial score (nSPS) is 39.6. The van der Waals surface area contributed by atoms with Gasteiger partial charge in [-0.15, -0.1) is 0 Å². The summed E-state index contributed by atoms with van der Waals surface area (Å²) in [6.07, 6.45) is 10.1. The molecular weight excluding hydrogens is 174 g/mol. The highest BCUT2D eigenvalue weighted by molar-refractivity contribution is 4.84. The molecule has 1 aliphatic heterocycles. The second-order valence-electron chi connectivity index (χ2n) is 4.83. The van der Waals surface area contributed by atoms with Crippen LogP contribution in [0.15, 0.2) is 0 Å². The minimum atomic E-state index is 0.551. The predicted octanol–water partition coefficient (Wildman–Crippen LogP) is 2.33. The summed E-state index contributed by atoms with van der Waals surface area (Å²) >= 11 is 0. The standard InChI is InChI=1S/C12H23NO/c1-14-11-7-5-10(6-8-11)12-4-2-3-9-13-12/h10-13H,2-9H2,1H3. The van der Waals surface area contributed by atoms with Gasteiger partial charge in [0, 0.05) is 13.2 Å². The molecule has 0 aromatic rings. The van der Waals surface area contributed by atoms with Gasteiger partial charge in [0.25, 0.3) is 0 Å². The maximum absolute atomic E-state index is 5.41. The summed E-state index contributed by atoms with van der Waals surface area (Å²) in [7, 11) is 1.85. The molecule has 0 aromatic heterocycles. The summed E-state index contributed by atoms with van der Waals surface area (Å²) in [4.78, 5) is 0. The molecule has 2 rings (SSSR count). The Morgan fingerprint density at radius 2 is 1.79 bits per heavy atom. The van der Waals surface area contributed by atoms with Crippen molar-refractivity contribution < 1.29 is 4.74 Å². The van der Waals surface area contributed by atoms with Crippen LogP contribution in [0.2, 0.25) is 0 Å². The van der Waals surface area contributed by atoms with E-state index < -0.39 is 0 Å². The third kappa shape index (κ3) is 2.48. The van der Waals surface area contributed by atoms with E-state index in [1.54, 1.807) is 0 Å². The van der Waals surface area contributed by atoms with E-state index in [0.717, 1.165) is 12.0 Å². The van der Waals surface area contributed by atoms with Crippen molar-refractivity contribution in [2.75, 3.05) is 13.7 Å². The number of piperidine rings is 1. The van der Waals surface area contributed by atoms with Gasteiger partial charge in [0.15, 0.2) is 0 Å². The van der Waals surface area contributed by atoms with Gasteiger partial charge >= 0.3 is 0 Å². The van der Waals surface area contributed by atoms with Gasteiger partial charge in [-0.1, -0.05) is 6.42 Å². The molecule has 0 amide bonds. The number of ether oxygens (including phenoxy) is 1. The molecular formula is C12H23NO. The van der Waals surface area contributed by atoms with Crippen LogP contribution in [-0.4, -0.2) is 25.8 Å². The Morgan fingerprint density at radius 1 is 1.00 bits per heavy atom. The second kappa shape index (κ2) is 5.13. The zero-order chi connectivity index (χ0) is 9.80. The predicted molar refractivity (Wildman–Crippen MR) is 58.4 cm³/mol. The van der Waals surface area contributed by atoms with Crippen molar-refractivity contribution in [2.24, 2.45) is 5.92 Å². The summed E-state index contributed by atoms with van der Waals surface area (Å²) in [5.74, 6) is 0.932. The smallest absolute Gasteiger partial charge is 0.0571 e. The molecule has 0 bridgehead atoms. The number of hydrogen-bond donors (Lipinski definition) is 1. The first-order valence-corrected chi connectivity index (χ1v) is 6.16. The Bertz CT molecular complexity index is 158. The molecule has 1 aliphatic carbocycles. The molecule has 1 unspecified atom stereocenters. The highest BCUT2D eigenvalue weighted by atomic mass is 16.5. The number of rotatable bonds is 2. The zero-order valence-corrected chi connectivity index (χ0v) is 9.30. The van der Waals surface area contributed by atoms with Gasteiger partial charge in [-0.05, 0) is 51.0 Å². The van der Waals surface area contributed by atoms with Crippen LogP contribution in [0.3, 0.4) is 0 Å². The van der Waals surface area contributed by atoms with Crippen molar-refractivity contribution in [3.8, 4) is 0 Å². The van der Waals surface area contributed by atoms with E-state index in [-0.39, 0.29) is 0 Å². The maximum Gasteiger partial charge on any atom is 0.0571 e. The van der Waals surface area contributed by atoms with Gasteiger partial charge in [-0.25, -0.2) is 0 Å². The third-order valence-electron chi connectivity index (χ3n) is 3.97. The lowest BCUT2D eigenvalue weighted by molar-refractivity contribution is 0.0482. The fourth-order valence-corrected chi connectivity index (χ4v) is 3.01. The molecule has 2 fully saturated rings. The van der Waals surface area contributed by atoms with Crippen LogP contribution in [0.5, 0.6) is 0 Å². The molecule has 14 heavy (non-hydrogen) atoms. The molecule has 1 saturated heterocycles. The van der Waals surface area contributed by atoms with Crippen LogP contribution in [0.4, 0.5) is 0 Å². The molecule has 2 nitrogen and oxygen atoms in total. The fourth-order valence-electron chi connectivity index (χ4n) is 3.01. The number of nitrogens with one attached hydrogen (secondary N) is 1. The van der Waals surface area contributed by atoms with Crippen molar-refractivity contribution in [1.82, 2.24) is 5.32 Å².